The summed E-state index contributed by atoms with van der Waals surface area (Å²) in [6.45, 7) is 4.18. The SMILES string of the molecule is CC1CCCN(C(=O)C2CCc3ncsc3C2)C1. The third kappa shape index (κ3) is 2.30. The summed E-state index contributed by atoms with van der Waals surface area (Å²) in [6.07, 6.45) is 5.33. The molecule has 1 aromatic heterocycles. The summed E-state index contributed by atoms with van der Waals surface area (Å²) in [4.78, 5) is 20.3. The minimum atomic E-state index is 0.211. The lowest BCUT2D eigenvalue weighted by Gasteiger charge is -2.34. The predicted octanol–water partition coefficient (Wildman–Crippen LogP) is 2.51. The van der Waals surface area contributed by atoms with Crippen LogP contribution in [0.15, 0.2) is 5.51 Å². The number of carbonyl (C=O) groups is 1. The first kappa shape index (κ1) is 12.2. The van der Waals surface area contributed by atoms with E-state index in [4.69, 9.17) is 0 Å². The smallest absolute Gasteiger partial charge is 0.226 e. The van der Waals surface area contributed by atoms with Gasteiger partial charge < -0.3 is 4.90 Å². The molecule has 0 spiro atoms. The molecule has 3 nitrogen and oxygen atoms in total. The van der Waals surface area contributed by atoms with Gasteiger partial charge in [-0.05, 0) is 38.0 Å². The van der Waals surface area contributed by atoms with Crippen molar-refractivity contribution >= 4 is 17.2 Å². The van der Waals surface area contributed by atoms with Crippen LogP contribution in [0.2, 0.25) is 0 Å². The fourth-order valence-electron chi connectivity index (χ4n) is 3.16. The second kappa shape index (κ2) is 5.00. The summed E-state index contributed by atoms with van der Waals surface area (Å²) in [5.74, 6) is 1.27. The Morgan fingerprint density at radius 2 is 2.39 bits per heavy atom. The number of thiazole rings is 1. The maximum atomic E-state index is 12.5. The molecule has 0 aromatic carbocycles. The highest BCUT2D eigenvalue weighted by molar-refractivity contribution is 7.09. The number of carbonyl (C=O) groups excluding carboxylic acids is 1. The zero-order chi connectivity index (χ0) is 12.5. The van der Waals surface area contributed by atoms with Crippen LogP contribution in [0.5, 0.6) is 0 Å². The van der Waals surface area contributed by atoms with Crippen LogP contribution in [0, 0.1) is 11.8 Å². The minimum absolute atomic E-state index is 0.211. The number of rotatable bonds is 1. The fraction of sp³-hybridized carbons (Fsp3) is 0.714. The van der Waals surface area contributed by atoms with Crippen molar-refractivity contribution in [2.75, 3.05) is 13.1 Å². The molecule has 0 saturated carbocycles. The first-order valence-corrected chi connectivity index (χ1v) is 7.82. The zero-order valence-electron chi connectivity index (χ0n) is 10.9. The third-order valence-electron chi connectivity index (χ3n) is 4.20. The summed E-state index contributed by atoms with van der Waals surface area (Å²) >= 11 is 1.71. The molecule has 0 N–H and O–H groups in total. The molecule has 1 saturated heterocycles. The van der Waals surface area contributed by atoms with Crippen LogP contribution < -0.4 is 0 Å². The number of piperidine rings is 1. The molecule has 2 unspecified atom stereocenters. The molecule has 18 heavy (non-hydrogen) atoms. The normalized spacial score (nSPS) is 27.9. The van der Waals surface area contributed by atoms with Gasteiger partial charge in [-0.15, -0.1) is 11.3 Å². The molecule has 2 aliphatic rings. The Hall–Kier alpha value is -0.900. The molecule has 1 fully saturated rings. The van der Waals surface area contributed by atoms with Crippen molar-refractivity contribution in [3.8, 4) is 0 Å². The highest BCUT2D eigenvalue weighted by atomic mass is 32.1. The van der Waals surface area contributed by atoms with Crippen LogP contribution in [0.1, 0.15) is 36.8 Å². The van der Waals surface area contributed by atoms with Gasteiger partial charge in [0, 0.05) is 23.9 Å². The lowest BCUT2D eigenvalue weighted by molar-refractivity contribution is -0.137. The van der Waals surface area contributed by atoms with Crippen LogP contribution >= 0.6 is 11.3 Å². The Morgan fingerprint density at radius 3 is 3.22 bits per heavy atom. The predicted molar refractivity (Wildman–Crippen MR) is 72.6 cm³/mol. The summed E-state index contributed by atoms with van der Waals surface area (Å²) < 4.78 is 0. The van der Waals surface area contributed by atoms with E-state index in [2.05, 4.69) is 16.8 Å². The van der Waals surface area contributed by atoms with Gasteiger partial charge in [0.15, 0.2) is 0 Å². The first-order chi connectivity index (χ1) is 8.74. The molecule has 0 bridgehead atoms. The van der Waals surface area contributed by atoms with E-state index in [0.29, 0.717) is 11.8 Å². The fourth-order valence-corrected chi connectivity index (χ4v) is 4.05. The van der Waals surface area contributed by atoms with E-state index in [0.717, 1.165) is 32.4 Å². The summed E-state index contributed by atoms with van der Waals surface area (Å²) in [6, 6.07) is 0. The molecule has 1 amide bonds. The highest BCUT2D eigenvalue weighted by Crippen LogP contribution is 2.29. The highest BCUT2D eigenvalue weighted by Gasteiger charge is 2.31. The molecule has 0 radical (unpaired) electrons. The van der Waals surface area contributed by atoms with Crippen molar-refractivity contribution in [3.63, 3.8) is 0 Å². The molecule has 2 atom stereocenters. The summed E-state index contributed by atoms with van der Waals surface area (Å²) in [7, 11) is 0. The number of hydrogen-bond donors (Lipinski definition) is 0. The summed E-state index contributed by atoms with van der Waals surface area (Å²) in [5.41, 5.74) is 3.15. The second-order valence-electron chi connectivity index (χ2n) is 5.69. The first-order valence-electron chi connectivity index (χ1n) is 6.94. The molecule has 3 rings (SSSR count). The number of likely N-dealkylation sites (tertiary alicyclic amines) is 1. The maximum absolute atomic E-state index is 12.5. The van der Waals surface area contributed by atoms with Crippen molar-refractivity contribution in [3.05, 3.63) is 16.1 Å². The van der Waals surface area contributed by atoms with Gasteiger partial charge in [0.05, 0.1) is 11.2 Å². The van der Waals surface area contributed by atoms with Crippen LogP contribution in [0.25, 0.3) is 0 Å². The molecular formula is C14H20N2OS. The monoisotopic (exact) mass is 264 g/mol. The molecule has 4 heteroatoms. The van der Waals surface area contributed by atoms with Gasteiger partial charge in [0.1, 0.15) is 0 Å². The molecule has 2 heterocycles. The minimum Gasteiger partial charge on any atom is -0.342 e. The van der Waals surface area contributed by atoms with E-state index >= 15 is 0 Å². The molecule has 1 aliphatic heterocycles. The standard InChI is InChI=1S/C14H20N2OS/c1-10-3-2-6-16(8-10)14(17)11-4-5-12-13(7-11)18-9-15-12/h9-11H,2-8H2,1H3. The number of fused-ring (bicyclic) bond motifs is 1. The van der Waals surface area contributed by atoms with Gasteiger partial charge in [-0.1, -0.05) is 6.92 Å². The number of nitrogens with zero attached hydrogens (tertiary/aromatic N) is 2. The van der Waals surface area contributed by atoms with Crippen molar-refractivity contribution < 1.29 is 4.79 Å². The number of amides is 1. The van der Waals surface area contributed by atoms with Gasteiger partial charge in [-0.3, -0.25) is 4.79 Å². The van der Waals surface area contributed by atoms with E-state index in [1.165, 1.54) is 23.4 Å². The van der Waals surface area contributed by atoms with E-state index in [-0.39, 0.29) is 5.92 Å². The topological polar surface area (TPSA) is 33.2 Å². The van der Waals surface area contributed by atoms with E-state index in [9.17, 15) is 4.79 Å². The Labute approximate surface area is 112 Å². The Kier molecular flexibility index (Phi) is 3.37. The second-order valence-corrected chi connectivity index (χ2v) is 6.63. The molecule has 1 aliphatic carbocycles. The van der Waals surface area contributed by atoms with E-state index in [1.54, 1.807) is 11.3 Å². The average molecular weight is 264 g/mol. The van der Waals surface area contributed by atoms with Crippen LogP contribution in [0.4, 0.5) is 0 Å². The quantitative estimate of drug-likeness (QED) is 0.781. The van der Waals surface area contributed by atoms with Crippen LogP contribution in [-0.4, -0.2) is 28.9 Å². The van der Waals surface area contributed by atoms with Gasteiger partial charge >= 0.3 is 0 Å². The van der Waals surface area contributed by atoms with Gasteiger partial charge in [0.25, 0.3) is 0 Å². The van der Waals surface area contributed by atoms with Gasteiger partial charge in [0.2, 0.25) is 5.91 Å². The van der Waals surface area contributed by atoms with Crippen LogP contribution in [0.3, 0.4) is 0 Å². The van der Waals surface area contributed by atoms with Crippen molar-refractivity contribution in [1.29, 1.82) is 0 Å². The van der Waals surface area contributed by atoms with Crippen molar-refractivity contribution in [2.45, 2.75) is 39.0 Å². The van der Waals surface area contributed by atoms with Crippen molar-refractivity contribution in [2.24, 2.45) is 11.8 Å². The number of aromatic nitrogens is 1. The summed E-state index contributed by atoms with van der Waals surface area (Å²) in [5, 5.41) is 0. The Balaban J connectivity index is 1.67. The van der Waals surface area contributed by atoms with Crippen molar-refractivity contribution in [1.82, 2.24) is 9.88 Å². The lowest BCUT2D eigenvalue weighted by atomic mass is 9.89. The van der Waals surface area contributed by atoms with Crippen LogP contribution in [-0.2, 0) is 17.6 Å². The Bertz CT molecular complexity index is 443. The van der Waals surface area contributed by atoms with Gasteiger partial charge in [-0.25, -0.2) is 4.98 Å². The molecule has 98 valence electrons. The zero-order valence-corrected chi connectivity index (χ0v) is 11.7. The van der Waals surface area contributed by atoms with E-state index < -0.39 is 0 Å². The lowest BCUT2D eigenvalue weighted by Crippen LogP contribution is -2.43. The number of hydrogen-bond acceptors (Lipinski definition) is 3. The Morgan fingerprint density at radius 1 is 1.50 bits per heavy atom. The molecular weight excluding hydrogens is 244 g/mol. The average Bonchev–Trinajstić information content (AvgIpc) is 2.85. The largest absolute Gasteiger partial charge is 0.342 e. The maximum Gasteiger partial charge on any atom is 0.226 e. The van der Waals surface area contributed by atoms with E-state index in [1.807, 2.05) is 5.51 Å². The van der Waals surface area contributed by atoms with Gasteiger partial charge in [-0.2, -0.15) is 0 Å². The number of aryl methyl sites for hydroxylation is 1. The molecule has 1 aromatic rings. The third-order valence-corrected chi connectivity index (χ3v) is 5.10.